The number of nitrogens with two attached hydrogens (primary N) is 1. The second-order valence-corrected chi connectivity index (χ2v) is 7.37. The van der Waals surface area contributed by atoms with Gasteiger partial charge < -0.3 is 15.8 Å². The first kappa shape index (κ1) is 18.7. The van der Waals surface area contributed by atoms with Crippen molar-refractivity contribution in [3.8, 4) is 24.0 Å². The molecule has 3 N–H and O–H groups in total. The first-order valence-corrected chi connectivity index (χ1v) is 8.87. The Morgan fingerprint density at radius 1 is 1.22 bits per heavy atom. The van der Waals surface area contributed by atoms with Gasteiger partial charge in [-0.15, -0.1) is 0 Å². The van der Waals surface area contributed by atoms with Crippen LogP contribution in [0, 0.1) is 50.7 Å². The van der Waals surface area contributed by atoms with Crippen LogP contribution in [-0.2, 0) is 4.79 Å². The van der Waals surface area contributed by atoms with Gasteiger partial charge in [-0.3, -0.25) is 4.79 Å². The lowest BCUT2D eigenvalue weighted by Gasteiger charge is -2.50. The van der Waals surface area contributed by atoms with Crippen molar-refractivity contribution >= 4 is 5.91 Å². The Morgan fingerprint density at radius 2 is 1.85 bits per heavy atom. The molecule has 1 aromatic rings. The zero-order valence-electron chi connectivity index (χ0n) is 15.3. The van der Waals surface area contributed by atoms with Crippen molar-refractivity contribution < 1.29 is 9.53 Å². The summed E-state index contributed by atoms with van der Waals surface area (Å²) < 4.78 is 5.19. The molecule has 1 aromatic carbocycles. The molecule has 1 saturated heterocycles. The molecular weight excluding hydrogens is 342 g/mol. The minimum absolute atomic E-state index is 0.0478. The molecule has 138 valence electrons. The van der Waals surface area contributed by atoms with Crippen LogP contribution < -0.4 is 15.8 Å². The molecule has 0 spiro atoms. The number of fused-ring (bicyclic) bond motifs is 2. The highest BCUT2D eigenvalue weighted by molar-refractivity contribution is 5.92. The molecular formula is C20H21N5O2. The molecule has 2 fully saturated rings. The van der Waals surface area contributed by atoms with Crippen molar-refractivity contribution in [3.05, 3.63) is 29.8 Å². The maximum atomic E-state index is 12.8. The zero-order valence-corrected chi connectivity index (χ0v) is 15.3. The fourth-order valence-electron chi connectivity index (χ4n) is 4.85. The number of carbonyl (C=O) groups is 1. The molecule has 3 rings (SSSR count). The number of hydrogen-bond donors (Lipinski definition) is 2. The number of rotatable bonds is 4. The molecule has 0 radical (unpaired) electrons. The lowest BCUT2D eigenvalue weighted by Crippen LogP contribution is -2.62. The molecule has 0 aromatic heterocycles. The van der Waals surface area contributed by atoms with Gasteiger partial charge in [-0.1, -0.05) is 25.5 Å². The Labute approximate surface area is 158 Å². The van der Waals surface area contributed by atoms with E-state index in [-0.39, 0.29) is 12.3 Å². The smallest absolute Gasteiger partial charge is 0.244 e. The predicted octanol–water partition coefficient (Wildman–Crippen LogP) is 1.93. The Hall–Kier alpha value is -3.08. The van der Waals surface area contributed by atoms with Gasteiger partial charge in [0.1, 0.15) is 5.75 Å². The summed E-state index contributed by atoms with van der Waals surface area (Å²) in [7, 11) is 1.55. The fraction of sp³-hybridized carbons (Fsp3) is 0.500. The van der Waals surface area contributed by atoms with Gasteiger partial charge in [0.2, 0.25) is 5.91 Å². The molecule has 1 saturated carbocycles. The molecule has 2 aliphatic rings. The van der Waals surface area contributed by atoms with E-state index in [0.717, 1.165) is 6.42 Å². The number of nitriles is 3. The number of ether oxygens (including phenoxy) is 1. The van der Waals surface area contributed by atoms with E-state index in [1.807, 2.05) is 13.0 Å². The average Bonchev–Trinajstić information content (AvgIpc) is 2.94. The molecule has 1 aliphatic carbocycles. The normalized spacial score (nSPS) is 33.3. The van der Waals surface area contributed by atoms with Gasteiger partial charge in [0.15, 0.2) is 10.8 Å². The van der Waals surface area contributed by atoms with Gasteiger partial charge in [0.05, 0.1) is 31.0 Å². The summed E-state index contributed by atoms with van der Waals surface area (Å²) in [6.45, 7) is 1.98. The summed E-state index contributed by atoms with van der Waals surface area (Å²) in [5, 5.41) is 32.9. The number of nitrogens with zero attached hydrogens (tertiary/aromatic N) is 3. The third-order valence-corrected chi connectivity index (χ3v) is 6.11. The summed E-state index contributed by atoms with van der Waals surface area (Å²) in [5.74, 6) is -1.04. The Bertz CT molecular complexity index is 877. The van der Waals surface area contributed by atoms with Crippen LogP contribution in [0.25, 0.3) is 0 Å². The van der Waals surface area contributed by atoms with Gasteiger partial charge in [0, 0.05) is 18.3 Å². The second-order valence-electron chi connectivity index (χ2n) is 7.37. The van der Waals surface area contributed by atoms with Crippen LogP contribution in [0.5, 0.6) is 5.75 Å². The van der Waals surface area contributed by atoms with Crippen LogP contribution in [0.2, 0.25) is 0 Å². The van der Waals surface area contributed by atoms with E-state index in [1.54, 1.807) is 31.4 Å². The number of nitrogens with one attached hydrogen (secondary N) is 1. The zero-order chi connectivity index (χ0) is 19.9. The predicted molar refractivity (Wildman–Crippen MR) is 95.5 cm³/mol. The summed E-state index contributed by atoms with van der Waals surface area (Å²) >= 11 is 0. The minimum Gasteiger partial charge on any atom is -0.497 e. The van der Waals surface area contributed by atoms with Crippen LogP contribution in [0.15, 0.2) is 24.3 Å². The van der Waals surface area contributed by atoms with Crippen LogP contribution in [0.1, 0.15) is 37.7 Å². The fourth-order valence-corrected chi connectivity index (χ4v) is 4.85. The van der Waals surface area contributed by atoms with E-state index >= 15 is 0 Å². The topological polar surface area (TPSA) is 136 Å². The molecule has 27 heavy (non-hydrogen) atoms. The Balaban J connectivity index is 2.31. The SMILES string of the molecule is CCC[C@H]1[C@@H](c2ccc(OC)cc2)C(C#N)(C#N)[C@@]2(C#N)C[C@@]1(N)NC2=O. The van der Waals surface area contributed by atoms with E-state index in [4.69, 9.17) is 10.5 Å². The van der Waals surface area contributed by atoms with Crippen molar-refractivity contribution in [2.75, 3.05) is 7.11 Å². The number of methoxy groups -OCH3 is 1. The Morgan fingerprint density at radius 3 is 2.33 bits per heavy atom. The average molecular weight is 363 g/mol. The molecule has 2 bridgehead atoms. The van der Waals surface area contributed by atoms with Crippen molar-refractivity contribution in [3.63, 3.8) is 0 Å². The van der Waals surface area contributed by atoms with Crippen LogP contribution in [0.4, 0.5) is 0 Å². The number of hydrogen-bond acceptors (Lipinski definition) is 6. The number of benzene rings is 1. The van der Waals surface area contributed by atoms with Crippen molar-refractivity contribution in [1.82, 2.24) is 5.32 Å². The molecule has 1 amide bonds. The van der Waals surface area contributed by atoms with Gasteiger partial charge in [-0.2, -0.15) is 15.8 Å². The molecule has 4 atom stereocenters. The van der Waals surface area contributed by atoms with E-state index in [9.17, 15) is 20.6 Å². The van der Waals surface area contributed by atoms with E-state index < -0.39 is 28.3 Å². The summed E-state index contributed by atoms with van der Waals surface area (Å²) in [5.41, 5.74) is 2.49. The molecule has 1 heterocycles. The lowest BCUT2D eigenvalue weighted by atomic mass is 9.47. The second kappa shape index (κ2) is 6.27. The summed E-state index contributed by atoms with van der Waals surface area (Å²) in [6.07, 6.45) is 1.33. The van der Waals surface area contributed by atoms with Crippen LogP contribution >= 0.6 is 0 Å². The first-order valence-electron chi connectivity index (χ1n) is 8.87. The van der Waals surface area contributed by atoms with Crippen molar-refractivity contribution in [2.24, 2.45) is 22.5 Å². The van der Waals surface area contributed by atoms with Gasteiger partial charge in [0.25, 0.3) is 0 Å². The molecule has 1 aliphatic heterocycles. The van der Waals surface area contributed by atoms with Crippen LogP contribution in [-0.4, -0.2) is 18.7 Å². The highest BCUT2D eigenvalue weighted by atomic mass is 16.5. The summed E-state index contributed by atoms with van der Waals surface area (Å²) in [4.78, 5) is 12.8. The molecule has 0 unspecified atom stereocenters. The van der Waals surface area contributed by atoms with E-state index in [0.29, 0.717) is 17.7 Å². The molecule has 7 heteroatoms. The van der Waals surface area contributed by atoms with Crippen molar-refractivity contribution in [1.29, 1.82) is 15.8 Å². The van der Waals surface area contributed by atoms with Gasteiger partial charge >= 0.3 is 0 Å². The lowest BCUT2D eigenvalue weighted by molar-refractivity contribution is -0.128. The molecule has 7 nitrogen and oxygen atoms in total. The number of amides is 1. The highest BCUT2D eigenvalue weighted by Crippen LogP contribution is 2.64. The largest absolute Gasteiger partial charge is 0.497 e. The first-order chi connectivity index (χ1) is 12.9. The highest BCUT2D eigenvalue weighted by Gasteiger charge is 2.76. The van der Waals surface area contributed by atoms with Crippen molar-refractivity contribution in [2.45, 2.75) is 37.8 Å². The summed E-state index contributed by atoms with van der Waals surface area (Å²) in [6, 6.07) is 13.2. The standard InChI is InChI=1S/C20H21N5O2/c1-3-4-15-16(13-5-7-14(27-2)8-6-13)19(11-22,12-23)18(10-21)9-20(15,24)25-17(18)26/h5-8,15-16H,3-4,9,24H2,1-2H3,(H,25,26)/t15-,16+,18+,20+/m0/s1. The monoisotopic (exact) mass is 363 g/mol. The quantitative estimate of drug-likeness (QED) is 0.839. The Kier molecular flexibility index (Phi) is 4.34. The minimum atomic E-state index is -1.83. The third kappa shape index (κ3) is 2.24. The van der Waals surface area contributed by atoms with Gasteiger partial charge in [-0.05, 0) is 24.1 Å². The maximum Gasteiger partial charge on any atom is 0.244 e. The maximum absolute atomic E-state index is 12.8. The number of carbonyl (C=O) groups excluding carboxylic acids is 1. The van der Waals surface area contributed by atoms with Gasteiger partial charge in [-0.25, -0.2) is 0 Å². The van der Waals surface area contributed by atoms with E-state index in [2.05, 4.69) is 17.5 Å². The van der Waals surface area contributed by atoms with E-state index in [1.165, 1.54) is 0 Å². The third-order valence-electron chi connectivity index (χ3n) is 6.11. The van der Waals surface area contributed by atoms with Crippen LogP contribution in [0.3, 0.4) is 0 Å².